The fraction of sp³-hybridized carbons (Fsp3) is 0.409. The van der Waals surface area contributed by atoms with Crippen molar-refractivity contribution in [3.05, 3.63) is 125 Å². The number of benzene rings is 4. The van der Waals surface area contributed by atoms with Gasteiger partial charge in [0.05, 0.1) is 24.5 Å². The lowest BCUT2D eigenvalue weighted by atomic mass is 9.53. The van der Waals surface area contributed by atoms with E-state index < -0.39 is 6.29 Å². The smallest absolute Gasteiger partial charge is 0.315 e. The topological polar surface area (TPSA) is 123 Å². The maximum atomic E-state index is 13.2. The molecule has 55 heavy (non-hydrogen) atoms. The first kappa shape index (κ1) is 36.1. The fourth-order valence-corrected chi connectivity index (χ4v) is 11.0. The van der Waals surface area contributed by atoms with E-state index in [4.69, 9.17) is 9.47 Å². The molecular weight excluding hydrogens is 709 g/mol. The van der Waals surface area contributed by atoms with E-state index in [-0.39, 0.29) is 36.3 Å². The van der Waals surface area contributed by atoms with Gasteiger partial charge in [0, 0.05) is 29.3 Å². The minimum atomic E-state index is -0.618. The van der Waals surface area contributed by atoms with Gasteiger partial charge in [0.15, 0.2) is 6.29 Å². The van der Waals surface area contributed by atoms with Gasteiger partial charge < -0.3 is 25.2 Å². The van der Waals surface area contributed by atoms with Gasteiger partial charge in [0.25, 0.3) is 0 Å². The highest BCUT2D eigenvalue weighted by atomic mass is 32.2. The van der Waals surface area contributed by atoms with Crippen LogP contribution in [0.5, 0.6) is 0 Å². The Morgan fingerprint density at radius 1 is 0.836 bits per heavy atom. The zero-order chi connectivity index (χ0) is 37.4. The van der Waals surface area contributed by atoms with Crippen molar-refractivity contribution in [2.45, 2.75) is 87.8 Å². The third kappa shape index (κ3) is 7.80. The zero-order valence-electron chi connectivity index (χ0n) is 31.1. The number of nitrogens with one attached hydrogen (secondary N) is 2. The number of hydrogen-bond donors (Lipinski definition) is 3. The highest BCUT2D eigenvalue weighted by molar-refractivity contribution is 7.99. The predicted molar refractivity (Wildman–Crippen MR) is 211 cm³/mol. The molecule has 284 valence electrons. The Hall–Kier alpha value is -4.55. The van der Waals surface area contributed by atoms with Gasteiger partial charge in [-0.1, -0.05) is 97.5 Å². The molecule has 1 saturated heterocycles. The maximum absolute atomic E-state index is 13.2. The van der Waals surface area contributed by atoms with Crippen molar-refractivity contribution in [1.82, 2.24) is 30.8 Å². The van der Waals surface area contributed by atoms with E-state index in [2.05, 4.69) is 69.5 Å². The van der Waals surface area contributed by atoms with Crippen molar-refractivity contribution in [1.29, 1.82) is 0 Å². The third-order valence-corrected chi connectivity index (χ3v) is 13.2. The first-order valence-electron chi connectivity index (χ1n) is 19.6. The molecule has 10 rings (SSSR count). The number of aliphatic hydroxyl groups excluding tert-OH is 1. The molecule has 1 aromatic heterocycles. The lowest BCUT2D eigenvalue weighted by Crippen LogP contribution is -2.61. The quantitative estimate of drug-likeness (QED) is 0.115. The number of carbonyl (C=O) groups excluding carboxylic acids is 1. The Bertz CT molecular complexity index is 2070. The van der Waals surface area contributed by atoms with Crippen molar-refractivity contribution in [3.63, 3.8) is 0 Å². The average Bonchev–Trinajstić information content (AvgIpc) is 3.68. The summed E-state index contributed by atoms with van der Waals surface area (Å²) in [7, 11) is 0. The molecule has 5 aromatic rings. The first-order valence-corrected chi connectivity index (χ1v) is 20.6. The molecule has 3 N–H and O–H groups in total. The molecule has 5 aliphatic rings. The molecule has 0 spiro atoms. The van der Waals surface area contributed by atoms with E-state index in [1.807, 2.05) is 66.7 Å². The van der Waals surface area contributed by atoms with Crippen molar-refractivity contribution < 1.29 is 19.4 Å². The SMILES string of the molecule is C[C@@H]1[C@H](CSc2nnnn2-c2ccccc2)O[C@H](c2cccc(-c3cccc(CNC(=O)NC45CC6CC(CC(C6)C4)C5)c3)c2)O[C@@H]1c1ccc(CO)cc1. The normalized spacial score (nSPS) is 28.2. The molecule has 4 bridgehead atoms. The zero-order valence-corrected chi connectivity index (χ0v) is 31.9. The minimum absolute atomic E-state index is 0.0114. The number of rotatable bonds is 11. The molecule has 4 aromatic carbocycles. The second-order valence-electron chi connectivity index (χ2n) is 16.2. The van der Waals surface area contributed by atoms with Crippen LogP contribution < -0.4 is 10.6 Å². The number of tetrazole rings is 1. The van der Waals surface area contributed by atoms with Crippen molar-refractivity contribution in [3.8, 4) is 16.8 Å². The summed E-state index contributed by atoms with van der Waals surface area (Å²) in [6, 6.07) is 34.5. The van der Waals surface area contributed by atoms with Crippen molar-refractivity contribution in [2.24, 2.45) is 23.7 Å². The molecule has 11 heteroatoms. The van der Waals surface area contributed by atoms with Crippen molar-refractivity contribution in [2.75, 3.05) is 5.75 Å². The van der Waals surface area contributed by atoms with Crippen molar-refractivity contribution >= 4 is 17.8 Å². The Labute approximate surface area is 326 Å². The molecule has 4 aliphatic carbocycles. The number of aliphatic hydroxyl groups is 1. The number of amides is 2. The third-order valence-electron chi connectivity index (χ3n) is 12.2. The molecular formula is C44H48N6O4S. The number of carbonyl (C=O) groups is 1. The van der Waals surface area contributed by atoms with E-state index >= 15 is 0 Å². The van der Waals surface area contributed by atoms with Crippen LogP contribution in [0.4, 0.5) is 4.79 Å². The molecule has 0 radical (unpaired) electrons. The largest absolute Gasteiger partial charge is 0.392 e. The highest BCUT2D eigenvalue weighted by Gasteiger charge is 2.51. The summed E-state index contributed by atoms with van der Waals surface area (Å²) in [6.07, 6.45) is 6.42. The minimum Gasteiger partial charge on any atom is -0.392 e. The lowest BCUT2D eigenvalue weighted by Gasteiger charge is -2.56. The van der Waals surface area contributed by atoms with Gasteiger partial charge in [-0.05, 0) is 119 Å². The number of aromatic nitrogens is 4. The lowest BCUT2D eigenvalue weighted by molar-refractivity contribution is -0.268. The number of nitrogens with zero attached hydrogens (tertiary/aromatic N) is 4. The number of thioether (sulfide) groups is 1. The van der Waals surface area contributed by atoms with Crippen LogP contribution in [0.1, 0.15) is 80.1 Å². The molecule has 5 fully saturated rings. The van der Waals surface area contributed by atoms with Gasteiger partial charge in [-0.2, -0.15) is 4.68 Å². The van der Waals surface area contributed by atoms with Gasteiger partial charge >= 0.3 is 6.03 Å². The molecule has 4 atom stereocenters. The van der Waals surface area contributed by atoms with E-state index in [0.29, 0.717) is 17.5 Å². The van der Waals surface area contributed by atoms with E-state index in [1.165, 1.54) is 19.3 Å². The number of ether oxygens (including phenoxy) is 2. The monoisotopic (exact) mass is 756 g/mol. The van der Waals surface area contributed by atoms with E-state index in [1.54, 1.807) is 16.4 Å². The van der Waals surface area contributed by atoms with Crippen LogP contribution in [0.25, 0.3) is 16.8 Å². The molecule has 2 heterocycles. The fourth-order valence-electron chi connectivity index (χ4n) is 9.92. The summed E-state index contributed by atoms with van der Waals surface area (Å²) in [6.45, 7) is 2.61. The second kappa shape index (κ2) is 15.5. The standard InChI is InChI=1S/C44H48N6O4S/c1-28-39(27-55-43-47-48-49-50(43)38-11-3-2-4-12-38)53-41(54-40(28)34-15-13-29(26-51)14-16-34)37-10-6-9-36(21-37)35-8-5-7-30(20-35)25-45-42(52)46-44-22-31-17-32(23-44)19-33(18-31)24-44/h2-16,20-21,28,31-33,39-41,51H,17-19,22-27H2,1H3,(H2,45,46,52)/t28-,31?,32?,33?,39+,40+,41+,44?/m1/s1. The number of para-hydroxylation sites is 1. The van der Waals surface area contributed by atoms with Crippen LogP contribution in [0.3, 0.4) is 0 Å². The summed E-state index contributed by atoms with van der Waals surface area (Å²) in [5.41, 5.74) is 6.84. The second-order valence-corrected chi connectivity index (χ2v) is 17.2. The van der Waals surface area contributed by atoms with E-state index in [9.17, 15) is 9.90 Å². The van der Waals surface area contributed by atoms with Gasteiger partial charge in [-0.3, -0.25) is 0 Å². The molecule has 10 nitrogen and oxygen atoms in total. The predicted octanol–water partition coefficient (Wildman–Crippen LogP) is 8.17. The first-order chi connectivity index (χ1) is 26.9. The molecule has 2 amide bonds. The van der Waals surface area contributed by atoms with Crippen LogP contribution in [-0.4, -0.2) is 48.7 Å². The summed E-state index contributed by atoms with van der Waals surface area (Å²) >= 11 is 1.56. The summed E-state index contributed by atoms with van der Waals surface area (Å²) < 4.78 is 15.3. The van der Waals surface area contributed by atoms with E-state index in [0.717, 1.165) is 76.1 Å². The highest BCUT2D eigenvalue weighted by Crippen LogP contribution is 2.55. The van der Waals surface area contributed by atoms with Gasteiger partial charge in [0.2, 0.25) is 5.16 Å². The van der Waals surface area contributed by atoms with Gasteiger partial charge in [-0.15, -0.1) is 5.10 Å². The Kier molecular flexibility index (Phi) is 10.2. The Balaban J connectivity index is 0.908. The molecule has 4 saturated carbocycles. The van der Waals surface area contributed by atoms with Gasteiger partial charge in [-0.25, -0.2) is 4.79 Å². The Morgan fingerprint density at radius 2 is 1.55 bits per heavy atom. The number of urea groups is 1. The maximum Gasteiger partial charge on any atom is 0.315 e. The van der Waals surface area contributed by atoms with Crippen LogP contribution in [0.15, 0.2) is 108 Å². The summed E-state index contributed by atoms with van der Waals surface area (Å²) in [5, 5.41) is 29.5. The molecule has 1 aliphatic heterocycles. The summed E-state index contributed by atoms with van der Waals surface area (Å²) in [4.78, 5) is 13.2. The van der Waals surface area contributed by atoms with Crippen LogP contribution in [0, 0.1) is 23.7 Å². The van der Waals surface area contributed by atoms with Crippen LogP contribution in [0.2, 0.25) is 0 Å². The summed E-state index contributed by atoms with van der Waals surface area (Å²) in [5.74, 6) is 2.98. The number of hydrogen-bond acceptors (Lipinski definition) is 8. The average molecular weight is 757 g/mol. The van der Waals surface area contributed by atoms with Crippen LogP contribution >= 0.6 is 11.8 Å². The Morgan fingerprint density at radius 3 is 2.27 bits per heavy atom. The van der Waals surface area contributed by atoms with Gasteiger partial charge in [0.1, 0.15) is 0 Å². The molecule has 0 unspecified atom stereocenters. The van der Waals surface area contributed by atoms with Crippen LogP contribution in [-0.2, 0) is 22.6 Å².